The second-order valence-corrected chi connectivity index (χ2v) is 6.52. The third-order valence-corrected chi connectivity index (χ3v) is 4.52. The van der Waals surface area contributed by atoms with E-state index in [1.165, 1.54) is 17.4 Å². The molecule has 1 N–H and O–H groups in total. The van der Waals surface area contributed by atoms with Gasteiger partial charge in [0.15, 0.2) is 0 Å². The number of nitrogens with one attached hydrogen (secondary N) is 1. The third-order valence-electron chi connectivity index (χ3n) is 3.66. The molecule has 0 amide bonds. The fourth-order valence-corrected chi connectivity index (χ4v) is 3.04. The molecule has 1 saturated heterocycles. The highest BCUT2D eigenvalue weighted by molar-refractivity contribution is 7.13. The summed E-state index contributed by atoms with van der Waals surface area (Å²) in [4.78, 5) is 4.23. The highest BCUT2D eigenvalue weighted by atomic mass is 32.1. The Labute approximate surface area is 144 Å². The van der Waals surface area contributed by atoms with Crippen molar-refractivity contribution in [3.05, 3.63) is 46.2 Å². The molecule has 1 aromatic carbocycles. The number of benzene rings is 1. The minimum absolute atomic E-state index is 0.153. The Hall–Kier alpha value is -1.83. The van der Waals surface area contributed by atoms with Gasteiger partial charge < -0.3 is 9.47 Å². The number of aryl methyl sites for hydroxylation is 1. The second kappa shape index (κ2) is 8.32. The SMILES string of the molecule is Cc1csc(NN=Cc2ccc(COCC3CCCO3)c(F)c2)n1. The molecule has 1 fully saturated rings. The van der Waals surface area contributed by atoms with Gasteiger partial charge in [-0.15, -0.1) is 11.3 Å². The van der Waals surface area contributed by atoms with Crippen molar-refractivity contribution in [2.45, 2.75) is 32.5 Å². The second-order valence-electron chi connectivity index (χ2n) is 5.67. The van der Waals surface area contributed by atoms with Gasteiger partial charge in [0.1, 0.15) is 5.82 Å². The maximum absolute atomic E-state index is 14.1. The Morgan fingerprint density at radius 1 is 1.54 bits per heavy atom. The minimum Gasteiger partial charge on any atom is -0.376 e. The zero-order valence-corrected chi connectivity index (χ0v) is 14.3. The molecular weight excluding hydrogens is 329 g/mol. The Bertz CT molecular complexity index is 699. The van der Waals surface area contributed by atoms with Gasteiger partial charge in [0, 0.05) is 17.6 Å². The smallest absolute Gasteiger partial charge is 0.203 e. The largest absolute Gasteiger partial charge is 0.376 e. The van der Waals surface area contributed by atoms with E-state index < -0.39 is 0 Å². The van der Waals surface area contributed by atoms with Crippen LogP contribution in [0.3, 0.4) is 0 Å². The van der Waals surface area contributed by atoms with Crippen molar-refractivity contribution in [3.8, 4) is 0 Å². The topological polar surface area (TPSA) is 55.7 Å². The summed E-state index contributed by atoms with van der Waals surface area (Å²) in [5.74, 6) is -0.295. The number of ether oxygens (including phenoxy) is 2. The van der Waals surface area contributed by atoms with E-state index in [1.807, 2.05) is 18.4 Å². The van der Waals surface area contributed by atoms with Gasteiger partial charge in [-0.25, -0.2) is 9.37 Å². The molecule has 1 aliphatic rings. The number of rotatable bonds is 7. The molecule has 0 bridgehead atoms. The van der Waals surface area contributed by atoms with Crippen LogP contribution in [0.4, 0.5) is 9.52 Å². The molecule has 3 rings (SSSR count). The first kappa shape index (κ1) is 17.0. The number of anilines is 1. The van der Waals surface area contributed by atoms with Crippen molar-refractivity contribution in [1.82, 2.24) is 4.98 Å². The average Bonchev–Trinajstić information content (AvgIpc) is 3.21. The summed E-state index contributed by atoms with van der Waals surface area (Å²) in [6.07, 6.45) is 3.81. The maximum Gasteiger partial charge on any atom is 0.203 e. The van der Waals surface area contributed by atoms with Crippen molar-refractivity contribution in [2.75, 3.05) is 18.6 Å². The zero-order chi connectivity index (χ0) is 16.8. The first-order valence-electron chi connectivity index (χ1n) is 7.89. The molecule has 0 aliphatic carbocycles. The summed E-state index contributed by atoms with van der Waals surface area (Å²) < 4.78 is 25.1. The lowest BCUT2D eigenvalue weighted by Gasteiger charge is -2.10. The van der Waals surface area contributed by atoms with Crippen LogP contribution in [0.2, 0.25) is 0 Å². The number of aromatic nitrogens is 1. The Kier molecular flexibility index (Phi) is 5.90. The Morgan fingerprint density at radius 2 is 2.46 bits per heavy atom. The first-order valence-corrected chi connectivity index (χ1v) is 8.77. The van der Waals surface area contributed by atoms with Crippen molar-refractivity contribution in [3.63, 3.8) is 0 Å². The van der Waals surface area contributed by atoms with Crippen LogP contribution >= 0.6 is 11.3 Å². The van der Waals surface area contributed by atoms with Crippen LogP contribution in [0.1, 0.15) is 29.7 Å². The van der Waals surface area contributed by atoms with Crippen molar-refractivity contribution in [2.24, 2.45) is 5.10 Å². The molecule has 7 heteroatoms. The molecule has 2 heterocycles. The van der Waals surface area contributed by atoms with Gasteiger partial charge in [-0.3, -0.25) is 5.43 Å². The van der Waals surface area contributed by atoms with Gasteiger partial charge in [-0.2, -0.15) is 5.10 Å². The van der Waals surface area contributed by atoms with Gasteiger partial charge in [-0.05, 0) is 31.4 Å². The van der Waals surface area contributed by atoms with Crippen LogP contribution in [0.15, 0.2) is 28.7 Å². The lowest BCUT2D eigenvalue weighted by atomic mass is 10.1. The quantitative estimate of drug-likeness (QED) is 0.611. The number of hydrogen-bond acceptors (Lipinski definition) is 6. The number of hydrogen-bond donors (Lipinski definition) is 1. The van der Waals surface area contributed by atoms with E-state index in [0.29, 0.717) is 22.9 Å². The lowest BCUT2D eigenvalue weighted by Crippen LogP contribution is -2.14. The van der Waals surface area contributed by atoms with E-state index in [4.69, 9.17) is 9.47 Å². The summed E-state index contributed by atoms with van der Waals surface area (Å²) in [6, 6.07) is 4.98. The summed E-state index contributed by atoms with van der Waals surface area (Å²) in [5.41, 5.74) is 4.98. The molecule has 0 saturated carbocycles. The Morgan fingerprint density at radius 3 is 3.17 bits per heavy atom. The molecule has 2 aromatic rings. The van der Waals surface area contributed by atoms with Crippen molar-refractivity contribution < 1.29 is 13.9 Å². The molecule has 128 valence electrons. The van der Waals surface area contributed by atoms with Crippen LogP contribution in [-0.4, -0.2) is 30.5 Å². The number of hydrazone groups is 1. The predicted molar refractivity (Wildman–Crippen MR) is 93.1 cm³/mol. The average molecular weight is 349 g/mol. The van der Waals surface area contributed by atoms with Gasteiger partial charge in [-0.1, -0.05) is 12.1 Å². The highest BCUT2D eigenvalue weighted by Crippen LogP contribution is 2.16. The van der Waals surface area contributed by atoms with E-state index in [-0.39, 0.29) is 18.5 Å². The van der Waals surface area contributed by atoms with Crippen LogP contribution in [0, 0.1) is 12.7 Å². The number of thiazole rings is 1. The van der Waals surface area contributed by atoms with Crippen molar-refractivity contribution >= 4 is 22.7 Å². The zero-order valence-electron chi connectivity index (χ0n) is 13.5. The number of nitrogens with zero attached hydrogens (tertiary/aromatic N) is 2. The van der Waals surface area contributed by atoms with Gasteiger partial charge in [0.25, 0.3) is 0 Å². The van der Waals surface area contributed by atoms with E-state index in [1.54, 1.807) is 12.3 Å². The van der Waals surface area contributed by atoms with E-state index in [2.05, 4.69) is 15.5 Å². The fourth-order valence-electron chi connectivity index (χ4n) is 2.40. The maximum atomic E-state index is 14.1. The molecule has 0 radical (unpaired) electrons. The third kappa shape index (κ3) is 4.83. The Balaban J connectivity index is 1.49. The summed E-state index contributed by atoms with van der Waals surface area (Å²) >= 11 is 1.47. The molecule has 5 nitrogen and oxygen atoms in total. The first-order chi connectivity index (χ1) is 11.7. The van der Waals surface area contributed by atoms with Crippen LogP contribution in [0.25, 0.3) is 0 Å². The molecule has 1 aromatic heterocycles. The van der Waals surface area contributed by atoms with Gasteiger partial charge in [0.05, 0.1) is 31.2 Å². The minimum atomic E-state index is -0.295. The molecule has 0 spiro atoms. The summed E-state index contributed by atoms with van der Waals surface area (Å²) in [5, 5.41) is 6.71. The lowest BCUT2D eigenvalue weighted by molar-refractivity contribution is 0.00982. The number of halogens is 1. The normalized spacial score (nSPS) is 17.7. The van der Waals surface area contributed by atoms with Crippen LogP contribution in [-0.2, 0) is 16.1 Å². The van der Waals surface area contributed by atoms with Crippen LogP contribution in [0.5, 0.6) is 0 Å². The van der Waals surface area contributed by atoms with E-state index >= 15 is 0 Å². The molecule has 24 heavy (non-hydrogen) atoms. The van der Waals surface area contributed by atoms with Crippen molar-refractivity contribution in [1.29, 1.82) is 0 Å². The predicted octanol–water partition coefficient (Wildman–Crippen LogP) is 3.73. The monoisotopic (exact) mass is 349 g/mol. The molecule has 1 unspecified atom stereocenters. The van der Waals surface area contributed by atoms with Gasteiger partial charge >= 0.3 is 0 Å². The molecule has 1 aliphatic heterocycles. The van der Waals surface area contributed by atoms with E-state index in [0.717, 1.165) is 25.1 Å². The summed E-state index contributed by atoms with van der Waals surface area (Å²) in [7, 11) is 0. The van der Waals surface area contributed by atoms with Gasteiger partial charge in [0.2, 0.25) is 5.13 Å². The summed E-state index contributed by atoms with van der Waals surface area (Å²) in [6.45, 7) is 3.48. The molecule has 1 atom stereocenters. The highest BCUT2D eigenvalue weighted by Gasteiger charge is 2.15. The van der Waals surface area contributed by atoms with Crippen LogP contribution < -0.4 is 5.43 Å². The van der Waals surface area contributed by atoms with E-state index in [9.17, 15) is 4.39 Å². The standard InChI is InChI=1S/C17H20FN3O2S/c1-12-11-24-17(20-12)21-19-8-13-4-5-14(16(18)7-13)9-22-10-15-3-2-6-23-15/h4-5,7-8,11,15H,2-3,6,9-10H2,1H3,(H,20,21). The fraction of sp³-hybridized carbons (Fsp3) is 0.412. The molecular formula is C17H20FN3O2S.